The number of hydrogen-bond acceptors (Lipinski definition) is 8. The van der Waals surface area contributed by atoms with Gasteiger partial charge in [0.15, 0.2) is 5.78 Å². The summed E-state index contributed by atoms with van der Waals surface area (Å²) in [6.45, 7) is 2.29. The molecule has 1 N–H and O–H groups in total. The number of alkyl halides is 1. The molecule has 1 amide bonds. The molecular formula is C37H52FN5O4. The molecule has 3 aliphatic carbocycles. The number of amides is 1. The summed E-state index contributed by atoms with van der Waals surface area (Å²) in [6, 6.07) is 5.50. The van der Waals surface area contributed by atoms with Crippen LogP contribution in [0.3, 0.4) is 0 Å². The van der Waals surface area contributed by atoms with Gasteiger partial charge in [0.05, 0.1) is 48.1 Å². The first-order valence-corrected chi connectivity index (χ1v) is 18.4. The lowest BCUT2D eigenvalue weighted by Gasteiger charge is -2.60. The fraction of sp³-hybridized carbons (Fsp3) is 0.757. The van der Waals surface area contributed by atoms with Gasteiger partial charge >= 0.3 is 0 Å². The molecule has 1 aromatic rings. The number of ether oxygens (including phenoxy) is 2. The van der Waals surface area contributed by atoms with Crippen molar-refractivity contribution < 1.29 is 23.5 Å². The zero-order valence-electron chi connectivity index (χ0n) is 28.0. The van der Waals surface area contributed by atoms with E-state index in [1.807, 2.05) is 24.4 Å². The van der Waals surface area contributed by atoms with E-state index < -0.39 is 24.2 Å². The number of likely N-dealkylation sites (tertiary alicyclic amines) is 1. The van der Waals surface area contributed by atoms with Crippen molar-refractivity contribution in [3.8, 4) is 0 Å². The van der Waals surface area contributed by atoms with Crippen LogP contribution in [-0.4, -0.2) is 120 Å². The molecule has 0 bridgehead atoms. The maximum Gasteiger partial charge on any atom is 0.258 e. The smallest absolute Gasteiger partial charge is 0.258 e. The monoisotopic (exact) mass is 649 g/mol. The molecule has 47 heavy (non-hydrogen) atoms. The van der Waals surface area contributed by atoms with Crippen LogP contribution < -0.4 is 5.32 Å². The lowest BCUT2D eigenvalue weighted by Crippen LogP contribution is -2.73. The van der Waals surface area contributed by atoms with Crippen LogP contribution >= 0.6 is 0 Å². The lowest BCUT2D eigenvalue weighted by molar-refractivity contribution is -0.209. The van der Waals surface area contributed by atoms with Gasteiger partial charge in [0.25, 0.3) is 5.91 Å². The summed E-state index contributed by atoms with van der Waals surface area (Å²) in [7, 11) is 3.92. The average molecular weight is 650 g/mol. The minimum absolute atomic E-state index is 0.00109. The van der Waals surface area contributed by atoms with Crippen molar-refractivity contribution in [1.29, 1.82) is 0 Å². The number of pyridine rings is 1. The number of carbonyl (C=O) groups is 2. The van der Waals surface area contributed by atoms with E-state index in [4.69, 9.17) is 9.47 Å². The van der Waals surface area contributed by atoms with E-state index in [1.165, 1.54) is 32.1 Å². The second-order valence-corrected chi connectivity index (χ2v) is 15.5. The van der Waals surface area contributed by atoms with Crippen molar-refractivity contribution in [3.63, 3.8) is 0 Å². The molecule has 9 nitrogen and oxygen atoms in total. The van der Waals surface area contributed by atoms with Crippen molar-refractivity contribution in [2.45, 2.75) is 125 Å². The molecule has 4 aliphatic heterocycles. The van der Waals surface area contributed by atoms with E-state index in [0.29, 0.717) is 36.9 Å². The molecule has 3 saturated heterocycles. The van der Waals surface area contributed by atoms with E-state index >= 15 is 4.39 Å². The first kappa shape index (κ1) is 31.8. The van der Waals surface area contributed by atoms with Crippen molar-refractivity contribution >= 4 is 11.7 Å². The van der Waals surface area contributed by atoms with Gasteiger partial charge in [-0.05, 0) is 95.5 Å². The number of nitrogens with zero attached hydrogens (tertiary/aromatic N) is 4. The number of aromatic nitrogens is 1. The lowest BCUT2D eigenvalue weighted by atomic mass is 9.67. The Hall–Kier alpha value is -2.40. The first-order valence-electron chi connectivity index (χ1n) is 18.4. The summed E-state index contributed by atoms with van der Waals surface area (Å²) >= 11 is 0. The highest BCUT2D eigenvalue weighted by molar-refractivity contribution is 6.20. The summed E-state index contributed by atoms with van der Waals surface area (Å²) in [5.41, 5.74) is 1.08. The van der Waals surface area contributed by atoms with Crippen molar-refractivity contribution in [1.82, 2.24) is 25.0 Å². The van der Waals surface area contributed by atoms with Crippen LogP contribution in [0.25, 0.3) is 0 Å². The molecular weight excluding hydrogens is 597 g/mol. The number of morpholine rings is 1. The maximum absolute atomic E-state index is 16.3. The summed E-state index contributed by atoms with van der Waals surface area (Å²) in [5.74, 6) is -0.120. The number of carbonyl (C=O) groups excluding carboxylic acids is 2. The van der Waals surface area contributed by atoms with Crippen LogP contribution in [0.2, 0.25) is 0 Å². The Morgan fingerprint density at radius 3 is 2.74 bits per heavy atom. The van der Waals surface area contributed by atoms with Crippen LogP contribution in [0.5, 0.6) is 0 Å². The van der Waals surface area contributed by atoms with Crippen molar-refractivity contribution in [2.24, 2.45) is 17.8 Å². The third kappa shape index (κ3) is 5.85. The quantitative estimate of drug-likeness (QED) is 0.429. The van der Waals surface area contributed by atoms with Gasteiger partial charge in [-0.3, -0.25) is 14.6 Å². The molecule has 12 unspecified atom stereocenters. The number of Topliss-reactive ketones (excluding diaryl/α,β-unsaturated/α-hetero) is 1. The first-order chi connectivity index (χ1) is 22.9. The fourth-order valence-electron chi connectivity index (χ4n) is 10.5. The predicted octanol–water partition coefficient (Wildman–Crippen LogP) is 3.52. The van der Waals surface area contributed by atoms with Crippen LogP contribution in [0.15, 0.2) is 36.2 Å². The van der Waals surface area contributed by atoms with Gasteiger partial charge in [-0.15, -0.1) is 0 Å². The van der Waals surface area contributed by atoms with E-state index in [1.54, 1.807) is 18.1 Å². The minimum Gasteiger partial charge on any atom is -0.374 e. The maximum atomic E-state index is 16.3. The Balaban J connectivity index is 1.06. The van der Waals surface area contributed by atoms with Gasteiger partial charge in [0.1, 0.15) is 6.17 Å². The molecule has 256 valence electrons. The molecule has 8 rings (SSSR count). The third-order valence-corrected chi connectivity index (χ3v) is 13.0. The fourth-order valence-corrected chi connectivity index (χ4v) is 10.5. The second-order valence-electron chi connectivity index (χ2n) is 15.5. The molecule has 7 aliphatic rings. The van der Waals surface area contributed by atoms with E-state index in [2.05, 4.69) is 27.1 Å². The number of rotatable bonds is 8. The van der Waals surface area contributed by atoms with Gasteiger partial charge in [-0.1, -0.05) is 18.9 Å². The number of fused-ring (bicyclic) bond motifs is 5. The zero-order valence-corrected chi connectivity index (χ0v) is 28.0. The highest BCUT2D eigenvalue weighted by atomic mass is 19.1. The number of nitrogens with one attached hydrogen (secondary N) is 1. The number of likely N-dealkylation sites (N-methyl/N-ethyl adjacent to an activating group) is 1. The summed E-state index contributed by atoms with van der Waals surface area (Å²) in [4.78, 5) is 38.8. The number of hydrogen-bond donors (Lipinski definition) is 1. The van der Waals surface area contributed by atoms with Gasteiger partial charge in [-0.2, -0.15) is 0 Å². The van der Waals surface area contributed by atoms with Crippen molar-refractivity contribution in [2.75, 3.05) is 33.7 Å². The van der Waals surface area contributed by atoms with E-state index in [-0.39, 0.29) is 48.0 Å². The minimum atomic E-state index is -1.23. The second kappa shape index (κ2) is 13.1. The van der Waals surface area contributed by atoms with E-state index in [9.17, 15) is 9.59 Å². The SMILES string of the molecule is CN(CCc1ccccn1)C(=O)C1=CN2C3CC4OC5CCCCC5C4CC3OC3C(NCCC4CCCN4C)C(F)CC(C1=O)C32. The van der Waals surface area contributed by atoms with Crippen LogP contribution in [0, 0.1) is 17.8 Å². The normalized spacial score (nSPS) is 41.0. The molecule has 10 heteroatoms. The molecule has 0 spiro atoms. The molecule has 6 fully saturated rings. The molecule has 5 heterocycles. The zero-order chi connectivity index (χ0) is 32.2. The molecule has 12 atom stereocenters. The molecule has 0 aromatic carbocycles. The Morgan fingerprint density at radius 2 is 1.94 bits per heavy atom. The number of ketones is 1. The van der Waals surface area contributed by atoms with Gasteiger partial charge in [0, 0.05) is 50.1 Å². The average Bonchev–Trinajstić information content (AvgIpc) is 3.67. The summed E-state index contributed by atoms with van der Waals surface area (Å²) in [5, 5.41) is 3.60. The number of halogens is 1. The predicted molar refractivity (Wildman–Crippen MR) is 175 cm³/mol. The Morgan fingerprint density at radius 1 is 1.06 bits per heavy atom. The van der Waals surface area contributed by atoms with E-state index in [0.717, 1.165) is 44.5 Å². The third-order valence-electron chi connectivity index (χ3n) is 13.0. The summed E-state index contributed by atoms with van der Waals surface area (Å²) in [6.07, 6.45) is 13.0. The topological polar surface area (TPSA) is 87.2 Å². The van der Waals surface area contributed by atoms with Crippen LogP contribution in [-0.2, 0) is 25.5 Å². The highest BCUT2D eigenvalue weighted by Gasteiger charge is 2.61. The summed E-state index contributed by atoms with van der Waals surface area (Å²) < 4.78 is 30.1. The Bertz CT molecular complexity index is 1350. The Labute approximate surface area is 278 Å². The largest absolute Gasteiger partial charge is 0.374 e. The molecule has 0 radical (unpaired) electrons. The van der Waals surface area contributed by atoms with Crippen LogP contribution in [0.1, 0.15) is 69.9 Å². The van der Waals surface area contributed by atoms with Gasteiger partial charge in [0.2, 0.25) is 0 Å². The van der Waals surface area contributed by atoms with Crippen LogP contribution in [0.4, 0.5) is 4.39 Å². The van der Waals surface area contributed by atoms with Gasteiger partial charge in [-0.25, -0.2) is 4.39 Å². The molecule has 3 saturated carbocycles. The standard InChI is InChI=1S/C37H52FN5O4/c1-41-16-7-9-23(41)12-15-40-33-28(38)18-26-34-36(33)47-32-19-25-24-10-3-4-11-30(24)46-31(25)20-29(32)43(34)21-27(35(26)44)37(45)42(2)17-13-22-8-5-6-14-39-22/h5-6,8,14,21,23-26,28-34,36,40H,3-4,7,9-13,15-20H2,1-2H3. The highest BCUT2D eigenvalue weighted by Crippen LogP contribution is 2.52. The molecule has 1 aromatic heterocycles. The van der Waals surface area contributed by atoms with Gasteiger partial charge < -0.3 is 29.5 Å². The Kier molecular flexibility index (Phi) is 8.90. The van der Waals surface area contributed by atoms with Crippen molar-refractivity contribution in [3.05, 3.63) is 41.9 Å².